The zero-order valence-electron chi connectivity index (χ0n) is 9.38. The molecule has 1 aromatic rings. The predicted octanol–water partition coefficient (Wildman–Crippen LogP) is 0.652. The summed E-state index contributed by atoms with van der Waals surface area (Å²) in [4.78, 5) is 3.95. The van der Waals surface area contributed by atoms with E-state index in [-0.39, 0.29) is 11.8 Å². The molecule has 92 valence electrons. The highest BCUT2D eigenvalue weighted by molar-refractivity contribution is 5.77. The van der Waals surface area contributed by atoms with Gasteiger partial charge in [-0.15, -0.1) is 0 Å². The number of hydrogen-bond donors (Lipinski definition) is 2. The van der Waals surface area contributed by atoms with Crippen LogP contribution in [0.2, 0.25) is 0 Å². The number of halogens is 1. The highest BCUT2D eigenvalue weighted by atomic mass is 19.1. The molecule has 0 aliphatic carbocycles. The third kappa shape index (κ3) is 2.58. The molecule has 0 atom stereocenters. The van der Waals surface area contributed by atoms with Gasteiger partial charge in [-0.1, -0.05) is 5.16 Å². The smallest absolute Gasteiger partial charge is 0.233 e. The fourth-order valence-corrected chi connectivity index (χ4v) is 1.91. The van der Waals surface area contributed by atoms with Crippen LogP contribution in [0.15, 0.2) is 29.4 Å². The van der Waals surface area contributed by atoms with Gasteiger partial charge in [0.1, 0.15) is 5.82 Å². The Bertz CT molecular complexity index is 398. The quantitative estimate of drug-likeness (QED) is 0.326. The SMILES string of the molecule is NC(=NO)N1CCN(c2ccc(F)cc2)CC1. The van der Waals surface area contributed by atoms with Gasteiger partial charge in [-0.3, -0.25) is 0 Å². The van der Waals surface area contributed by atoms with Gasteiger partial charge in [-0.05, 0) is 24.3 Å². The van der Waals surface area contributed by atoms with Crippen molar-refractivity contribution in [3.8, 4) is 0 Å². The molecule has 1 aromatic carbocycles. The van der Waals surface area contributed by atoms with Gasteiger partial charge in [0.25, 0.3) is 0 Å². The van der Waals surface area contributed by atoms with Crippen molar-refractivity contribution in [3.05, 3.63) is 30.1 Å². The third-order valence-corrected chi connectivity index (χ3v) is 2.90. The third-order valence-electron chi connectivity index (χ3n) is 2.90. The van der Waals surface area contributed by atoms with Gasteiger partial charge < -0.3 is 20.7 Å². The van der Waals surface area contributed by atoms with E-state index < -0.39 is 0 Å². The van der Waals surface area contributed by atoms with E-state index in [9.17, 15) is 4.39 Å². The van der Waals surface area contributed by atoms with Crippen LogP contribution in [0.3, 0.4) is 0 Å². The first-order valence-corrected chi connectivity index (χ1v) is 5.43. The first kappa shape index (κ1) is 11.5. The lowest BCUT2D eigenvalue weighted by Crippen LogP contribution is -2.51. The van der Waals surface area contributed by atoms with Crippen molar-refractivity contribution in [2.75, 3.05) is 31.1 Å². The second kappa shape index (κ2) is 4.90. The maximum Gasteiger partial charge on any atom is 0.233 e. The topological polar surface area (TPSA) is 65.1 Å². The Labute approximate surface area is 98.9 Å². The lowest BCUT2D eigenvalue weighted by atomic mass is 10.2. The normalized spacial score (nSPS) is 17.4. The van der Waals surface area contributed by atoms with Gasteiger partial charge >= 0.3 is 0 Å². The summed E-state index contributed by atoms with van der Waals surface area (Å²) < 4.78 is 12.8. The van der Waals surface area contributed by atoms with Crippen molar-refractivity contribution >= 4 is 11.6 Å². The number of nitrogens with two attached hydrogens (primary N) is 1. The number of guanidine groups is 1. The molecule has 1 saturated heterocycles. The summed E-state index contributed by atoms with van der Waals surface area (Å²) in [7, 11) is 0. The highest BCUT2D eigenvalue weighted by Gasteiger charge is 2.18. The first-order chi connectivity index (χ1) is 8.20. The van der Waals surface area contributed by atoms with Gasteiger partial charge in [0.2, 0.25) is 5.96 Å². The standard InChI is InChI=1S/C11H15FN4O/c12-9-1-3-10(4-2-9)15-5-7-16(8-6-15)11(13)14-17/h1-4,17H,5-8H2,(H2,13,14). The van der Waals surface area contributed by atoms with Crippen LogP contribution in [-0.2, 0) is 0 Å². The minimum absolute atomic E-state index is 0.142. The Balaban J connectivity index is 1.97. The van der Waals surface area contributed by atoms with E-state index in [2.05, 4.69) is 10.1 Å². The number of anilines is 1. The van der Waals surface area contributed by atoms with Gasteiger partial charge in [0, 0.05) is 31.9 Å². The van der Waals surface area contributed by atoms with E-state index in [1.807, 2.05) is 0 Å². The second-order valence-electron chi connectivity index (χ2n) is 3.91. The van der Waals surface area contributed by atoms with Crippen molar-refractivity contribution in [3.63, 3.8) is 0 Å². The van der Waals surface area contributed by atoms with Gasteiger partial charge in [-0.25, -0.2) is 4.39 Å². The summed E-state index contributed by atoms with van der Waals surface area (Å²) in [5.74, 6) is -0.0900. The summed E-state index contributed by atoms with van der Waals surface area (Å²) >= 11 is 0. The van der Waals surface area contributed by atoms with Gasteiger partial charge in [0.05, 0.1) is 0 Å². The average Bonchev–Trinajstić information content (AvgIpc) is 2.39. The van der Waals surface area contributed by atoms with E-state index >= 15 is 0 Å². The summed E-state index contributed by atoms with van der Waals surface area (Å²) in [5.41, 5.74) is 6.50. The molecule has 17 heavy (non-hydrogen) atoms. The van der Waals surface area contributed by atoms with E-state index in [4.69, 9.17) is 10.9 Å². The number of oxime groups is 1. The molecule has 0 spiro atoms. The molecule has 0 amide bonds. The zero-order chi connectivity index (χ0) is 12.3. The lowest BCUT2D eigenvalue weighted by Gasteiger charge is -2.36. The Morgan fingerprint density at radius 1 is 1.18 bits per heavy atom. The molecule has 2 rings (SSSR count). The minimum Gasteiger partial charge on any atom is -0.408 e. The molecule has 0 saturated carbocycles. The van der Waals surface area contributed by atoms with Crippen LogP contribution in [0.5, 0.6) is 0 Å². The van der Waals surface area contributed by atoms with Crippen LogP contribution >= 0.6 is 0 Å². The van der Waals surface area contributed by atoms with E-state index in [1.165, 1.54) is 12.1 Å². The van der Waals surface area contributed by atoms with Gasteiger partial charge in [0.15, 0.2) is 0 Å². The Morgan fingerprint density at radius 3 is 2.29 bits per heavy atom. The van der Waals surface area contributed by atoms with Crippen LogP contribution < -0.4 is 10.6 Å². The first-order valence-electron chi connectivity index (χ1n) is 5.43. The molecule has 1 heterocycles. The summed E-state index contributed by atoms with van der Waals surface area (Å²) in [5, 5.41) is 11.5. The van der Waals surface area contributed by atoms with Gasteiger partial charge in [-0.2, -0.15) is 0 Å². The number of rotatable bonds is 1. The fourth-order valence-electron chi connectivity index (χ4n) is 1.91. The van der Waals surface area contributed by atoms with Crippen LogP contribution in [-0.4, -0.2) is 42.2 Å². The molecular weight excluding hydrogens is 223 g/mol. The van der Waals surface area contributed by atoms with Crippen molar-refractivity contribution < 1.29 is 9.60 Å². The fraction of sp³-hybridized carbons (Fsp3) is 0.364. The van der Waals surface area contributed by atoms with Crippen LogP contribution in [0, 0.1) is 5.82 Å². The molecule has 0 unspecified atom stereocenters. The van der Waals surface area contributed by atoms with Crippen LogP contribution in [0.1, 0.15) is 0 Å². The number of nitrogens with zero attached hydrogens (tertiary/aromatic N) is 3. The zero-order valence-corrected chi connectivity index (χ0v) is 9.38. The molecule has 1 fully saturated rings. The van der Waals surface area contributed by atoms with E-state index in [1.54, 1.807) is 17.0 Å². The average molecular weight is 238 g/mol. The molecule has 3 N–H and O–H groups in total. The maximum atomic E-state index is 12.8. The molecule has 0 bridgehead atoms. The van der Waals surface area contributed by atoms with E-state index in [0.717, 1.165) is 18.8 Å². The van der Waals surface area contributed by atoms with E-state index in [0.29, 0.717) is 13.1 Å². The van der Waals surface area contributed by atoms with Crippen LogP contribution in [0.4, 0.5) is 10.1 Å². The number of hydrogen-bond acceptors (Lipinski definition) is 3. The number of benzene rings is 1. The lowest BCUT2D eigenvalue weighted by molar-refractivity contribution is 0.293. The molecular formula is C11H15FN4O. The molecule has 0 radical (unpaired) electrons. The monoisotopic (exact) mass is 238 g/mol. The molecule has 5 nitrogen and oxygen atoms in total. The Kier molecular flexibility index (Phi) is 3.32. The maximum absolute atomic E-state index is 12.8. The highest BCUT2D eigenvalue weighted by Crippen LogP contribution is 2.16. The Hall–Kier alpha value is -1.98. The second-order valence-corrected chi connectivity index (χ2v) is 3.91. The van der Waals surface area contributed by atoms with Crippen molar-refractivity contribution in [1.29, 1.82) is 0 Å². The molecule has 6 heteroatoms. The summed E-state index contributed by atoms with van der Waals surface area (Å²) in [6, 6.07) is 6.42. The molecule has 1 aliphatic rings. The van der Waals surface area contributed by atoms with Crippen molar-refractivity contribution in [2.24, 2.45) is 10.9 Å². The summed E-state index contributed by atoms with van der Waals surface area (Å²) in [6.07, 6.45) is 0. The Morgan fingerprint density at radius 2 is 1.76 bits per heavy atom. The van der Waals surface area contributed by atoms with Crippen molar-refractivity contribution in [2.45, 2.75) is 0 Å². The minimum atomic E-state index is -0.232. The molecule has 1 aliphatic heterocycles. The largest absolute Gasteiger partial charge is 0.408 e. The van der Waals surface area contributed by atoms with Crippen LogP contribution in [0.25, 0.3) is 0 Å². The van der Waals surface area contributed by atoms with Crippen molar-refractivity contribution in [1.82, 2.24) is 4.90 Å². The number of piperazine rings is 1. The molecule has 0 aromatic heterocycles. The summed E-state index contributed by atoms with van der Waals surface area (Å²) in [6.45, 7) is 2.91. The predicted molar refractivity (Wildman–Crippen MR) is 63.6 cm³/mol.